The Morgan fingerprint density at radius 2 is 2.33 bits per heavy atom. The summed E-state index contributed by atoms with van der Waals surface area (Å²) in [4.78, 5) is 17.0. The Hall–Kier alpha value is -2.71. The van der Waals surface area contributed by atoms with Crippen molar-refractivity contribution < 1.29 is 9.32 Å². The molecule has 9 heteroatoms. The molecule has 2 atom stereocenters. The molecule has 2 N–H and O–H groups in total. The fourth-order valence-corrected chi connectivity index (χ4v) is 3.49. The molecule has 1 aromatic carbocycles. The third kappa shape index (κ3) is 3.86. The van der Waals surface area contributed by atoms with Gasteiger partial charge < -0.3 is 15.2 Å². The number of aromatic nitrogens is 4. The third-order valence-corrected chi connectivity index (χ3v) is 4.90. The van der Waals surface area contributed by atoms with Crippen LogP contribution in [0.3, 0.4) is 0 Å². The van der Waals surface area contributed by atoms with Crippen molar-refractivity contribution in [2.45, 2.75) is 12.5 Å². The minimum atomic E-state index is -0.162. The molecule has 0 aliphatic carbocycles. The molecule has 4 rings (SSSR count). The predicted molar refractivity (Wildman–Crippen MR) is 98.9 cm³/mol. The predicted octanol–water partition coefficient (Wildman–Crippen LogP) is 1.74. The number of amides is 1. The minimum absolute atomic E-state index is 0.0450. The fraction of sp³-hybridized carbons (Fsp3) is 0.333. The van der Waals surface area contributed by atoms with Gasteiger partial charge in [0.1, 0.15) is 0 Å². The fourth-order valence-electron chi connectivity index (χ4n) is 3.30. The number of carbonyl (C=O) groups excluding carboxylic acids is 1. The zero-order chi connectivity index (χ0) is 18.8. The summed E-state index contributed by atoms with van der Waals surface area (Å²) in [5, 5.41) is 14.9. The van der Waals surface area contributed by atoms with Crippen LogP contribution in [0.5, 0.6) is 0 Å². The van der Waals surface area contributed by atoms with Gasteiger partial charge in [-0.3, -0.25) is 9.48 Å². The van der Waals surface area contributed by atoms with Crippen molar-refractivity contribution >= 4 is 17.5 Å². The first-order valence-electron chi connectivity index (χ1n) is 8.65. The van der Waals surface area contributed by atoms with Crippen LogP contribution in [0, 0.1) is 5.92 Å². The van der Waals surface area contributed by atoms with Crippen LogP contribution in [-0.2, 0) is 18.4 Å². The van der Waals surface area contributed by atoms with Crippen LogP contribution >= 0.6 is 11.6 Å². The molecule has 3 aromatic rings. The van der Waals surface area contributed by atoms with Gasteiger partial charge in [0, 0.05) is 42.8 Å². The maximum Gasteiger partial charge on any atom is 0.246 e. The SMILES string of the molecule is Cn1cc([C@H]2CNC[C@@H]2C(=O)NCc2nc(-c3cccc(Cl)c3)no2)cn1. The van der Waals surface area contributed by atoms with Crippen molar-refractivity contribution in [3.8, 4) is 11.4 Å². The van der Waals surface area contributed by atoms with Crippen LogP contribution in [0.25, 0.3) is 11.4 Å². The summed E-state index contributed by atoms with van der Waals surface area (Å²) < 4.78 is 6.99. The number of halogens is 1. The highest BCUT2D eigenvalue weighted by atomic mass is 35.5. The molecule has 1 amide bonds. The van der Waals surface area contributed by atoms with E-state index in [0.29, 0.717) is 23.3 Å². The van der Waals surface area contributed by atoms with E-state index in [9.17, 15) is 4.79 Å². The van der Waals surface area contributed by atoms with Gasteiger partial charge in [-0.05, 0) is 17.7 Å². The molecule has 3 heterocycles. The van der Waals surface area contributed by atoms with Gasteiger partial charge in [0.25, 0.3) is 0 Å². The van der Waals surface area contributed by atoms with Crippen molar-refractivity contribution in [2.24, 2.45) is 13.0 Å². The topological polar surface area (TPSA) is 97.9 Å². The smallest absolute Gasteiger partial charge is 0.246 e. The Balaban J connectivity index is 1.39. The maximum atomic E-state index is 12.6. The molecule has 0 spiro atoms. The average Bonchev–Trinajstić information content (AvgIpc) is 3.39. The number of nitrogens with zero attached hydrogens (tertiary/aromatic N) is 4. The highest BCUT2D eigenvalue weighted by Crippen LogP contribution is 2.28. The number of rotatable bonds is 5. The molecule has 2 aromatic heterocycles. The summed E-state index contributed by atoms with van der Waals surface area (Å²) in [6, 6.07) is 7.21. The molecule has 1 saturated heterocycles. The number of hydrogen-bond donors (Lipinski definition) is 2. The quantitative estimate of drug-likeness (QED) is 0.693. The van der Waals surface area contributed by atoms with Crippen molar-refractivity contribution in [3.05, 3.63) is 53.1 Å². The van der Waals surface area contributed by atoms with Crippen LogP contribution in [0.1, 0.15) is 17.4 Å². The lowest BCUT2D eigenvalue weighted by molar-refractivity contribution is -0.125. The third-order valence-electron chi connectivity index (χ3n) is 4.67. The average molecular weight is 387 g/mol. The molecule has 140 valence electrons. The molecule has 0 bridgehead atoms. The van der Waals surface area contributed by atoms with E-state index in [4.69, 9.17) is 16.1 Å². The van der Waals surface area contributed by atoms with Crippen molar-refractivity contribution in [2.75, 3.05) is 13.1 Å². The summed E-state index contributed by atoms with van der Waals surface area (Å²) in [5.41, 5.74) is 1.82. The van der Waals surface area contributed by atoms with Crippen LogP contribution in [0.4, 0.5) is 0 Å². The van der Waals surface area contributed by atoms with Gasteiger partial charge in [-0.1, -0.05) is 28.9 Å². The van der Waals surface area contributed by atoms with Crippen molar-refractivity contribution in [3.63, 3.8) is 0 Å². The van der Waals surface area contributed by atoms with E-state index < -0.39 is 0 Å². The lowest BCUT2D eigenvalue weighted by atomic mass is 9.90. The Bertz CT molecular complexity index is 953. The second-order valence-corrected chi connectivity index (χ2v) is 6.99. The molecular formula is C18H19ClN6O2. The summed E-state index contributed by atoms with van der Waals surface area (Å²) in [6.45, 7) is 1.56. The van der Waals surface area contributed by atoms with E-state index in [0.717, 1.165) is 17.7 Å². The highest BCUT2D eigenvalue weighted by molar-refractivity contribution is 6.30. The van der Waals surface area contributed by atoms with Crippen LogP contribution in [0.15, 0.2) is 41.2 Å². The Morgan fingerprint density at radius 1 is 1.44 bits per heavy atom. The lowest BCUT2D eigenvalue weighted by Gasteiger charge is -2.16. The lowest BCUT2D eigenvalue weighted by Crippen LogP contribution is -2.34. The highest BCUT2D eigenvalue weighted by Gasteiger charge is 2.34. The minimum Gasteiger partial charge on any atom is -0.347 e. The van der Waals surface area contributed by atoms with E-state index >= 15 is 0 Å². The zero-order valence-electron chi connectivity index (χ0n) is 14.7. The van der Waals surface area contributed by atoms with Crippen LogP contribution in [-0.4, -0.2) is 38.9 Å². The van der Waals surface area contributed by atoms with Crippen LogP contribution < -0.4 is 10.6 Å². The monoisotopic (exact) mass is 386 g/mol. The summed E-state index contributed by atoms with van der Waals surface area (Å²) in [7, 11) is 1.87. The van der Waals surface area contributed by atoms with Gasteiger partial charge in [-0.2, -0.15) is 10.1 Å². The van der Waals surface area contributed by atoms with Crippen molar-refractivity contribution in [1.29, 1.82) is 0 Å². The molecule has 0 radical (unpaired) electrons. The number of aryl methyl sites for hydroxylation is 1. The molecule has 1 aliphatic rings. The summed E-state index contributed by atoms with van der Waals surface area (Å²) in [5.74, 6) is 0.684. The normalized spacial score (nSPS) is 19.3. The second-order valence-electron chi connectivity index (χ2n) is 6.56. The molecule has 1 fully saturated rings. The zero-order valence-corrected chi connectivity index (χ0v) is 15.5. The molecule has 0 saturated carbocycles. The Labute approximate surface area is 160 Å². The van der Waals surface area contributed by atoms with E-state index in [1.807, 2.05) is 31.6 Å². The van der Waals surface area contributed by atoms with Crippen molar-refractivity contribution in [1.82, 2.24) is 30.6 Å². The first-order valence-corrected chi connectivity index (χ1v) is 9.03. The molecule has 27 heavy (non-hydrogen) atoms. The van der Waals surface area contributed by atoms with Gasteiger partial charge in [0.2, 0.25) is 17.6 Å². The molecule has 8 nitrogen and oxygen atoms in total. The maximum absolute atomic E-state index is 12.6. The summed E-state index contributed by atoms with van der Waals surface area (Å²) >= 11 is 5.99. The van der Waals surface area contributed by atoms with Gasteiger partial charge in [-0.25, -0.2) is 0 Å². The molecule has 0 unspecified atom stereocenters. The van der Waals surface area contributed by atoms with E-state index in [1.54, 1.807) is 16.8 Å². The number of hydrogen-bond acceptors (Lipinski definition) is 6. The standard InChI is InChI=1S/C18H19ClN6O2/c1-25-10-12(6-22-25)14-7-20-8-15(14)18(26)21-9-16-23-17(24-27-16)11-3-2-4-13(19)5-11/h2-6,10,14-15,20H,7-9H2,1H3,(H,21,26)/t14-,15+/m1/s1. The van der Waals surface area contributed by atoms with E-state index in [1.165, 1.54) is 0 Å². The number of nitrogens with one attached hydrogen (secondary N) is 2. The van der Waals surface area contributed by atoms with E-state index in [2.05, 4.69) is 25.9 Å². The first-order chi connectivity index (χ1) is 13.1. The van der Waals surface area contributed by atoms with Gasteiger partial charge in [0.05, 0.1) is 18.7 Å². The van der Waals surface area contributed by atoms with E-state index in [-0.39, 0.29) is 24.3 Å². The second kappa shape index (κ2) is 7.50. The Kier molecular flexibility index (Phi) is 4.91. The van der Waals surface area contributed by atoms with Crippen LogP contribution in [0.2, 0.25) is 5.02 Å². The van der Waals surface area contributed by atoms with Gasteiger partial charge in [-0.15, -0.1) is 0 Å². The van der Waals surface area contributed by atoms with Gasteiger partial charge in [0.15, 0.2) is 0 Å². The number of benzene rings is 1. The largest absolute Gasteiger partial charge is 0.347 e. The first kappa shape index (κ1) is 17.7. The summed E-state index contributed by atoms with van der Waals surface area (Å²) in [6.07, 6.45) is 3.76. The number of carbonyl (C=O) groups is 1. The molecule has 1 aliphatic heterocycles. The molecular weight excluding hydrogens is 368 g/mol. The Morgan fingerprint density at radius 3 is 3.11 bits per heavy atom. The van der Waals surface area contributed by atoms with Gasteiger partial charge >= 0.3 is 0 Å².